The van der Waals surface area contributed by atoms with Gasteiger partial charge in [-0.25, -0.2) is 9.97 Å². The van der Waals surface area contributed by atoms with E-state index < -0.39 is 0 Å². The third-order valence-corrected chi connectivity index (χ3v) is 3.79. The van der Waals surface area contributed by atoms with Crippen LogP contribution in [0, 0.1) is 0 Å². The van der Waals surface area contributed by atoms with Crippen LogP contribution in [0.2, 0.25) is 0 Å². The third-order valence-electron chi connectivity index (χ3n) is 2.32. The summed E-state index contributed by atoms with van der Waals surface area (Å²) in [7, 11) is 0. The molecule has 0 fully saturated rings. The lowest BCUT2D eigenvalue weighted by Gasteiger charge is -2.09. The third kappa shape index (κ3) is 2.66. The van der Waals surface area contributed by atoms with Crippen LogP contribution in [0.5, 0.6) is 0 Å². The Morgan fingerprint density at radius 2 is 2.31 bits per heavy atom. The van der Waals surface area contributed by atoms with Gasteiger partial charge in [0.15, 0.2) is 0 Å². The molecule has 86 valence electrons. The van der Waals surface area contributed by atoms with Gasteiger partial charge in [-0.3, -0.25) is 0 Å². The molecule has 1 atom stereocenters. The Balaban J connectivity index is 2.07. The summed E-state index contributed by atoms with van der Waals surface area (Å²) in [6.45, 7) is 5.35. The molecule has 0 radical (unpaired) electrons. The Bertz CT molecular complexity index is 422. The van der Waals surface area contributed by atoms with Crippen LogP contribution < -0.4 is 5.32 Å². The molecule has 0 aliphatic carbocycles. The lowest BCUT2D eigenvalue weighted by molar-refractivity contribution is 0.561. The van der Waals surface area contributed by atoms with Gasteiger partial charge in [0.05, 0.1) is 11.2 Å². The van der Waals surface area contributed by atoms with Crippen molar-refractivity contribution >= 4 is 22.7 Å². The predicted octanol–water partition coefficient (Wildman–Crippen LogP) is 3.33. The number of thiazole rings is 2. The topological polar surface area (TPSA) is 37.8 Å². The smallest absolute Gasteiger partial charge is 0.143 e. The van der Waals surface area contributed by atoms with Crippen LogP contribution in [0.3, 0.4) is 0 Å². The number of nitrogens with one attached hydrogen (secondary N) is 1. The minimum absolute atomic E-state index is 0.323. The quantitative estimate of drug-likeness (QED) is 0.888. The van der Waals surface area contributed by atoms with Gasteiger partial charge >= 0.3 is 0 Å². The summed E-state index contributed by atoms with van der Waals surface area (Å²) in [5.41, 5.74) is 3.94. The normalized spacial score (nSPS) is 12.9. The molecule has 0 bridgehead atoms. The summed E-state index contributed by atoms with van der Waals surface area (Å²) < 4.78 is 0. The molecule has 0 amide bonds. The first-order valence-electron chi connectivity index (χ1n) is 5.38. The molecule has 2 rings (SSSR count). The summed E-state index contributed by atoms with van der Waals surface area (Å²) in [6, 6.07) is 0.323. The van der Waals surface area contributed by atoms with Gasteiger partial charge in [0.25, 0.3) is 0 Å². The second-order valence-electron chi connectivity index (χ2n) is 3.63. The van der Waals surface area contributed by atoms with Gasteiger partial charge in [0.1, 0.15) is 10.7 Å². The minimum atomic E-state index is 0.323. The predicted molar refractivity (Wildman–Crippen MR) is 69.9 cm³/mol. The maximum absolute atomic E-state index is 4.61. The summed E-state index contributed by atoms with van der Waals surface area (Å²) in [6.07, 6.45) is 1.15. The van der Waals surface area contributed by atoms with Crippen LogP contribution in [0.15, 0.2) is 16.3 Å². The van der Waals surface area contributed by atoms with Crippen molar-refractivity contribution in [3.63, 3.8) is 0 Å². The van der Waals surface area contributed by atoms with Crippen molar-refractivity contribution < 1.29 is 0 Å². The van der Waals surface area contributed by atoms with Crippen molar-refractivity contribution in [3.05, 3.63) is 22.0 Å². The average molecular weight is 253 g/mol. The fraction of sp³-hybridized carbons (Fsp3) is 0.455. The Morgan fingerprint density at radius 3 is 3.00 bits per heavy atom. The average Bonchev–Trinajstić information content (AvgIpc) is 2.94. The van der Waals surface area contributed by atoms with Crippen LogP contribution in [-0.2, 0) is 0 Å². The Kier molecular flexibility index (Phi) is 4.04. The van der Waals surface area contributed by atoms with Gasteiger partial charge in [-0.05, 0) is 19.9 Å². The summed E-state index contributed by atoms with van der Waals surface area (Å²) in [5, 5.41) is 8.60. The van der Waals surface area contributed by atoms with Crippen LogP contribution in [0.25, 0.3) is 10.7 Å². The fourth-order valence-electron chi connectivity index (χ4n) is 1.39. The van der Waals surface area contributed by atoms with E-state index in [-0.39, 0.29) is 0 Å². The summed E-state index contributed by atoms with van der Waals surface area (Å²) in [4.78, 5) is 8.87. The highest BCUT2D eigenvalue weighted by molar-refractivity contribution is 7.13. The van der Waals surface area contributed by atoms with Crippen molar-refractivity contribution in [1.29, 1.82) is 0 Å². The zero-order valence-corrected chi connectivity index (χ0v) is 11.1. The van der Waals surface area contributed by atoms with Gasteiger partial charge in [-0.15, -0.1) is 22.7 Å². The Hall–Kier alpha value is -0.780. The molecule has 0 saturated carbocycles. The highest BCUT2D eigenvalue weighted by Gasteiger charge is 2.11. The molecule has 5 heteroatoms. The first-order chi connectivity index (χ1) is 7.81. The largest absolute Gasteiger partial charge is 0.309 e. The second kappa shape index (κ2) is 5.52. The molecule has 2 aromatic heterocycles. The zero-order chi connectivity index (χ0) is 11.4. The molecule has 2 heterocycles. The zero-order valence-electron chi connectivity index (χ0n) is 9.43. The molecule has 1 unspecified atom stereocenters. The van der Waals surface area contributed by atoms with Crippen molar-refractivity contribution in [1.82, 2.24) is 15.3 Å². The van der Waals surface area contributed by atoms with Crippen LogP contribution in [0.1, 0.15) is 32.0 Å². The first-order valence-corrected chi connectivity index (χ1v) is 7.21. The Labute approximate surface area is 104 Å². The van der Waals surface area contributed by atoms with Crippen LogP contribution >= 0.6 is 22.7 Å². The van der Waals surface area contributed by atoms with Crippen LogP contribution in [0.4, 0.5) is 0 Å². The van der Waals surface area contributed by atoms with Crippen molar-refractivity contribution in [2.24, 2.45) is 0 Å². The van der Waals surface area contributed by atoms with E-state index in [0.717, 1.165) is 29.4 Å². The molecule has 2 aromatic rings. The van der Waals surface area contributed by atoms with E-state index in [4.69, 9.17) is 0 Å². The van der Waals surface area contributed by atoms with E-state index in [9.17, 15) is 0 Å². The number of nitrogens with zero attached hydrogens (tertiary/aromatic N) is 2. The minimum Gasteiger partial charge on any atom is -0.309 e. The van der Waals surface area contributed by atoms with Crippen molar-refractivity contribution in [2.75, 3.05) is 6.54 Å². The maximum Gasteiger partial charge on any atom is 0.143 e. The molecule has 16 heavy (non-hydrogen) atoms. The highest BCUT2D eigenvalue weighted by atomic mass is 32.1. The van der Waals surface area contributed by atoms with Gasteiger partial charge in [0.2, 0.25) is 0 Å². The molecular weight excluding hydrogens is 238 g/mol. The van der Waals surface area contributed by atoms with Gasteiger partial charge in [0, 0.05) is 16.8 Å². The van der Waals surface area contributed by atoms with E-state index in [0.29, 0.717) is 6.04 Å². The van der Waals surface area contributed by atoms with E-state index in [1.54, 1.807) is 22.7 Å². The van der Waals surface area contributed by atoms with Crippen LogP contribution in [-0.4, -0.2) is 16.5 Å². The summed E-state index contributed by atoms with van der Waals surface area (Å²) >= 11 is 3.27. The first kappa shape index (κ1) is 11.7. The Morgan fingerprint density at radius 1 is 1.44 bits per heavy atom. The standard InChI is InChI=1S/C11H15N3S2/c1-3-4-12-8(2)9-6-16-11(14-9)10-5-15-7-13-10/h5-8,12H,3-4H2,1-2H3. The molecular formula is C11H15N3S2. The van der Waals surface area contributed by atoms with E-state index in [2.05, 4.69) is 34.5 Å². The number of rotatable bonds is 5. The summed E-state index contributed by atoms with van der Waals surface area (Å²) in [5.74, 6) is 0. The van der Waals surface area contributed by atoms with E-state index in [1.807, 2.05) is 10.9 Å². The number of hydrogen-bond acceptors (Lipinski definition) is 5. The lowest BCUT2D eigenvalue weighted by atomic mass is 10.2. The molecule has 0 aromatic carbocycles. The molecule has 0 saturated heterocycles. The number of hydrogen-bond donors (Lipinski definition) is 1. The van der Waals surface area contributed by atoms with Gasteiger partial charge in [-0.2, -0.15) is 0 Å². The molecule has 3 nitrogen and oxygen atoms in total. The SMILES string of the molecule is CCCNC(C)c1csc(-c2cscn2)n1. The van der Waals surface area contributed by atoms with E-state index in [1.165, 1.54) is 0 Å². The maximum atomic E-state index is 4.61. The number of aromatic nitrogens is 2. The van der Waals surface area contributed by atoms with Gasteiger partial charge in [-0.1, -0.05) is 6.92 Å². The highest BCUT2D eigenvalue weighted by Crippen LogP contribution is 2.25. The second-order valence-corrected chi connectivity index (χ2v) is 5.20. The van der Waals surface area contributed by atoms with Crippen molar-refractivity contribution in [3.8, 4) is 10.7 Å². The molecule has 0 spiro atoms. The van der Waals surface area contributed by atoms with E-state index >= 15 is 0 Å². The molecule has 1 N–H and O–H groups in total. The lowest BCUT2D eigenvalue weighted by Crippen LogP contribution is -2.19. The van der Waals surface area contributed by atoms with Crippen molar-refractivity contribution in [2.45, 2.75) is 26.3 Å². The molecule has 0 aliphatic rings. The fourth-order valence-corrected chi connectivity index (χ4v) is 2.88. The monoisotopic (exact) mass is 253 g/mol. The van der Waals surface area contributed by atoms with Gasteiger partial charge < -0.3 is 5.32 Å². The molecule has 0 aliphatic heterocycles.